The summed E-state index contributed by atoms with van der Waals surface area (Å²) in [5.74, 6) is 0.145. The van der Waals surface area contributed by atoms with Gasteiger partial charge in [0.25, 0.3) is 0 Å². The van der Waals surface area contributed by atoms with Crippen LogP contribution in [-0.4, -0.2) is 30.3 Å². The molecule has 2 N–H and O–H groups in total. The van der Waals surface area contributed by atoms with Gasteiger partial charge in [-0.1, -0.05) is 18.2 Å². The molecule has 1 aromatic heterocycles. The summed E-state index contributed by atoms with van der Waals surface area (Å²) >= 11 is 0. The fourth-order valence-corrected chi connectivity index (χ4v) is 3.22. The van der Waals surface area contributed by atoms with Crippen LogP contribution in [0.3, 0.4) is 0 Å². The molecule has 3 rings (SSSR count). The van der Waals surface area contributed by atoms with Gasteiger partial charge in [0.05, 0.1) is 6.42 Å². The molecule has 2 heterocycles. The number of anilines is 1. The number of carbonyl (C=O) groups excluding carboxylic acids is 1. The van der Waals surface area contributed by atoms with Gasteiger partial charge in [-0.3, -0.25) is 4.79 Å². The van der Waals surface area contributed by atoms with E-state index in [0.29, 0.717) is 17.3 Å². The van der Waals surface area contributed by atoms with Gasteiger partial charge in [-0.2, -0.15) is 0 Å². The van der Waals surface area contributed by atoms with E-state index in [9.17, 15) is 18.0 Å². The lowest BCUT2D eigenvalue weighted by atomic mass is 9.97. The number of alkyl halides is 3. The number of amides is 1. The molecule has 1 aliphatic heterocycles. The largest absolute Gasteiger partial charge is 0.573 e. The molecule has 144 valence electrons. The Morgan fingerprint density at radius 2 is 2.15 bits per heavy atom. The normalized spacial score (nSPS) is 17.0. The zero-order valence-corrected chi connectivity index (χ0v) is 14.8. The topological polar surface area (TPSA) is 63.2 Å². The fraction of sp³-hybridized carbons (Fsp3) is 0.368. The van der Waals surface area contributed by atoms with Crippen molar-refractivity contribution in [1.82, 2.24) is 10.3 Å². The Balaban J connectivity index is 1.62. The standard InChI is InChI=1S/C19H20F3N3O2/c1-12-16(14-7-8-23-11-14)5-6-17(24-12)25-18(26)10-13-3-2-4-15(9-13)27-19(20,21)22/h2-6,9,14,23H,7-8,10-11H2,1H3,(H,24,25,26). The molecule has 1 atom stereocenters. The van der Waals surface area contributed by atoms with Crippen LogP contribution in [0.1, 0.15) is 29.2 Å². The molecule has 0 radical (unpaired) electrons. The Hall–Kier alpha value is -2.61. The number of hydrogen-bond acceptors (Lipinski definition) is 4. The van der Waals surface area contributed by atoms with Gasteiger partial charge in [0, 0.05) is 12.2 Å². The molecule has 1 aromatic carbocycles. The molecule has 8 heteroatoms. The van der Waals surface area contributed by atoms with Crippen LogP contribution in [0.15, 0.2) is 36.4 Å². The van der Waals surface area contributed by atoms with Crippen molar-refractivity contribution >= 4 is 11.7 Å². The van der Waals surface area contributed by atoms with E-state index in [-0.39, 0.29) is 18.1 Å². The van der Waals surface area contributed by atoms with E-state index in [0.717, 1.165) is 30.8 Å². The predicted octanol–water partition coefficient (Wildman–Crippen LogP) is 3.55. The van der Waals surface area contributed by atoms with Crippen LogP contribution < -0.4 is 15.4 Å². The molecule has 1 saturated heterocycles. The Bertz CT molecular complexity index is 818. The number of rotatable bonds is 5. The third-order valence-electron chi connectivity index (χ3n) is 4.39. The summed E-state index contributed by atoms with van der Waals surface area (Å²) in [7, 11) is 0. The van der Waals surface area contributed by atoms with Crippen LogP contribution in [0.25, 0.3) is 0 Å². The lowest BCUT2D eigenvalue weighted by Gasteiger charge is -2.13. The average molecular weight is 379 g/mol. The van der Waals surface area contributed by atoms with Crippen molar-refractivity contribution in [2.24, 2.45) is 0 Å². The molecule has 0 spiro atoms. The van der Waals surface area contributed by atoms with Crippen LogP contribution in [0, 0.1) is 6.92 Å². The van der Waals surface area contributed by atoms with E-state index in [1.807, 2.05) is 13.0 Å². The van der Waals surface area contributed by atoms with Gasteiger partial charge in [0.2, 0.25) is 5.91 Å². The monoisotopic (exact) mass is 379 g/mol. The maximum absolute atomic E-state index is 12.3. The third kappa shape index (κ3) is 5.43. The molecule has 0 bridgehead atoms. The number of nitrogens with zero attached hydrogens (tertiary/aromatic N) is 1. The van der Waals surface area contributed by atoms with Gasteiger partial charge in [0.15, 0.2) is 0 Å². The van der Waals surface area contributed by atoms with Crippen LogP contribution >= 0.6 is 0 Å². The average Bonchev–Trinajstić information content (AvgIpc) is 3.07. The van der Waals surface area contributed by atoms with Crippen LogP contribution in [0.4, 0.5) is 19.0 Å². The summed E-state index contributed by atoms with van der Waals surface area (Å²) in [5, 5.41) is 6.00. The minimum Gasteiger partial charge on any atom is -0.406 e. The van der Waals surface area contributed by atoms with E-state index in [2.05, 4.69) is 20.4 Å². The smallest absolute Gasteiger partial charge is 0.406 e. The number of pyridine rings is 1. The summed E-state index contributed by atoms with van der Waals surface area (Å²) in [6.45, 7) is 3.81. The SMILES string of the molecule is Cc1nc(NC(=O)Cc2cccc(OC(F)(F)F)c2)ccc1C1CCNC1. The Morgan fingerprint density at radius 1 is 1.33 bits per heavy atom. The number of carbonyl (C=O) groups is 1. The van der Waals surface area contributed by atoms with E-state index >= 15 is 0 Å². The van der Waals surface area contributed by atoms with Crippen LogP contribution in [0.2, 0.25) is 0 Å². The molecule has 5 nitrogen and oxygen atoms in total. The van der Waals surface area contributed by atoms with E-state index < -0.39 is 6.36 Å². The Morgan fingerprint density at radius 3 is 2.81 bits per heavy atom. The third-order valence-corrected chi connectivity index (χ3v) is 4.39. The highest BCUT2D eigenvalue weighted by Crippen LogP contribution is 2.26. The van der Waals surface area contributed by atoms with Gasteiger partial charge < -0.3 is 15.4 Å². The number of ether oxygens (including phenoxy) is 1. The highest BCUT2D eigenvalue weighted by molar-refractivity contribution is 5.91. The van der Waals surface area contributed by atoms with Gasteiger partial charge in [-0.05, 0) is 55.1 Å². The molecular weight excluding hydrogens is 359 g/mol. The highest BCUT2D eigenvalue weighted by atomic mass is 19.4. The second-order valence-corrected chi connectivity index (χ2v) is 6.48. The van der Waals surface area contributed by atoms with Crippen molar-refractivity contribution in [1.29, 1.82) is 0 Å². The molecule has 1 aliphatic rings. The molecule has 1 fully saturated rings. The first-order valence-electron chi connectivity index (χ1n) is 8.63. The van der Waals surface area contributed by atoms with Gasteiger partial charge >= 0.3 is 6.36 Å². The lowest BCUT2D eigenvalue weighted by molar-refractivity contribution is -0.274. The van der Waals surface area contributed by atoms with Crippen molar-refractivity contribution in [3.05, 3.63) is 53.2 Å². The van der Waals surface area contributed by atoms with Crippen molar-refractivity contribution in [3.8, 4) is 5.75 Å². The minimum atomic E-state index is -4.76. The van der Waals surface area contributed by atoms with Crippen molar-refractivity contribution < 1.29 is 22.7 Å². The van der Waals surface area contributed by atoms with Gasteiger partial charge in [0.1, 0.15) is 11.6 Å². The molecule has 27 heavy (non-hydrogen) atoms. The zero-order chi connectivity index (χ0) is 19.4. The number of aromatic nitrogens is 1. The Kier molecular flexibility index (Phi) is 5.65. The molecule has 1 unspecified atom stereocenters. The van der Waals surface area contributed by atoms with Gasteiger partial charge in [-0.25, -0.2) is 4.98 Å². The maximum Gasteiger partial charge on any atom is 0.573 e. The number of hydrogen-bond donors (Lipinski definition) is 2. The second kappa shape index (κ2) is 7.96. The number of aryl methyl sites for hydroxylation is 1. The molecule has 2 aromatic rings. The fourth-order valence-electron chi connectivity index (χ4n) is 3.22. The molecule has 0 aliphatic carbocycles. The van der Waals surface area contributed by atoms with Crippen molar-refractivity contribution in [2.45, 2.75) is 32.0 Å². The molecule has 0 saturated carbocycles. The van der Waals surface area contributed by atoms with E-state index in [4.69, 9.17) is 0 Å². The predicted molar refractivity (Wildman–Crippen MR) is 94.7 cm³/mol. The van der Waals surface area contributed by atoms with Crippen molar-refractivity contribution in [2.75, 3.05) is 18.4 Å². The maximum atomic E-state index is 12.3. The van der Waals surface area contributed by atoms with Gasteiger partial charge in [-0.15, -0.1) is 13.2 Å². The summed E-state index contributed by atoms with van der Waals surface area (Å²) in [5.41, 5.74) is 2.44. The van der Waals surface area contributed by atoms with Crippen LogP contribution in [-0.2, 0) is 11.2 Å². The minimum absolute atomic E-state index is 0.0793. The molecule has 1 amide bonds. The van der Waals surface area contributed by atoms with E-state index in [1.54, 1.807) is 12.1 Å². The lowest BCUT2D eigenvalue weighted by Crippen LogP contribution is -2.18. The van der Waals surface area contributed by atoms with E-state index in [1.165, 1.54) is 18.2 Å². The first-order valence-corrected chi connectivity index (χ1v) is 8.63. The number of benzene rings is 1. The summed E-state index contributed by atoms with van der Waals surface area (Å²) < 4.78 is 40.7. The Labute approximate surface area is 154 Å². The zero-order valence-electron chi connectivity index (χ0n) is 14.8. The summed E-state index contributed by atoms with van der Waals surface area (Å²) in [6, 6.07) is 9.09. The number of nitrogens with one attached hydrogen (secondary N) is 2. The highest BCUT2D eigenvalue weighted by Gasteiger charge is 2.31. The summed E-state index contributed by atoms with van der Waals surface area (Å²) in [4.78, 5) is 16.6. The first-order chi connectivity index (χ1) is 12.8. The second-order valence-electron chi connectivity index (χ2n) is 6.48. The molecular formula is C19H20F3N3O2. The quantitative estimate of drug-likeness (QED) is 0.834. The number of halogens is 3. The first kappa shape index (κ1) is 19.2. The summed E-state index contributed by atoms with van der Waals surface area (Å²) in [6.07, 6.45) is -3.78. The van der Waals surface area contributed by atoms with Crippen molar-refractivity contribution in [3.63, 3.8) is 0 Å². The van der Waals surface area contributed by atoms with Crippen LogP contribution in [0.5, 0.6) is 5.75 Å².